The molecule has 2 heterocycles. The highest BCUT2D eigenvalue weighted by molar-refractivity contribution is 6.31. The van der Waals surface area contributed by atoms with Gasteiger partial charge in [0, 0.05) is 23.6 Å². The van der Waals surface area contributed by atoms with Gasteiger partial charge in [-0.2, -0.15) is 0 Å². The van der Waals surface area contributed by atoms with Crippen molar-refractivity contribution in [2.24, 2.45) is 0 Å². The van der Waals surface area contributed by atoms with E-state index in [0.717, 1.165) is 11.3 Å². The summed E-state index contributed by atoms with van der Waals surface area (Å²) in [7, 11) is 0. The normalized spacial score (nSPS) is 10.8. The quantitative estimate of drug-likeness (QED) is 0.519. The van der Waals surface area contributed by atoms with Crippen LogP contribution in [0.25, 0.3) is 5.65 Å². The lowest BCUT2D eigenvalue weighted by Gasteiger charge is -2.08. The number of pyridine rings is 1. The van der Waals surface area contributed by atoms with E-state index in [0.29, 0.717) is 17.0 Å². The predicted molar refractivity (Wildman–Crippen MR) is 105 cm³/mol. The maximum absolute atomic E-state index is 13.2. The van der Waals surface area contributed by atoms with Gasteiger partial charge in [-0.25, -0.2) is 9.37 Å². The summed E-state index contributed by atoms with van der Waals surface area (Å²) in [6, 6.07) is 16.6. The van der Waals surface area contributed by atoms with Crippen LogP contribution < -0.4 is 10.1 Å². The first kappa shape index (κ1) is 18.0. The Hall–Kier alpha value is -3.38. The number of halogens is 2. The summed E-state index contributed by atoms with van der Waals surface area (Å²) in [5.74, 6) is -0.343. The highest BCUT2D eigenvalue weighted by Crippen LogP contribution is 2.21. The van der Waals surface area contributed by atoms with Gasteiger partial charge in [0.15, 0.2) is 0 Å². The minimum atomic E-state index is -0.540. The Balaban J connectivity index is 1.44. The van der Waals surface area contributed by atoms with Crippen LogP contribution in [0.1, 0.15) is 16.1 Å². The molecular weight excluding hydrogens is 381 g/mol. The van der Waals surface area contributed by atoms with Crippen molar-refractivity contribution >= 4 is 28.8 Å². The summed E-state index contributed by atoms with van der Waals surface area (Å²) in [5.41, 5.74) is 2.44. The number of fused-ring (bicyclic) bond motifs is 1. The average molecular weight is 396 g/mol. The molecule has 0 saturated carbocycles. The number of amides is 1. The van der Waals surface area contributed by atoms with Crippen LogP contribution in [0.4, 0.5) is 10.1 Å². The largest absolute Gasteiger partial charge is 0.487 e. The number of hydrogen-bond donors (Lipinski definition) is 1. The first-order valence-corrected chi connectivity index (χ1v) is 8.88. The van der Waals surface area contributed by atoms with Crippen LogP contribution in [0.3, 0.4) is 0 Å². The molecule has 0 fully saturated rings. The van der Waals surface area contributed by atoms with Crippen molar-refractivity contribution in [3.8, 4) is 5.75 Å². The smallest absolute Gasteiger partial charge is 0.255 e. The van der Waals surface area contributed by atoms with Crippen LogP contribution in [0.5, 0.6) is 5.75 Å². The van der Waals surface area contributed by atoms with Crippen molar-refractivity contribution in [1.29, 1.82) is 0 Å². The molecule has 7 heteroatoms. The van der Waals surface area contributed by atoms with Crippen molar-refractivity contribution in [3.05, 3.63) is 95.2 Å². The molecule has 1 N–H and O–H groups in total. The molecule has 0 atom stereocenters. The summed E-state index contributed by atoms with van der Waals surface area (Å²) < 4.78 is 20.9. The van der Waals surface area contributed by atoms with E-state index in [9.17, 15) is 9.18 Å². The van der Waals surface area contributed by atoms with E-state index in [1.807, 2.05) is 35.0 Å². The van der Waals surface area contributed by atoms with E-state index >= 15 is 0 Å². The van der Waals surface area contributed by atoms with Crippen LogP contribution in [0, 0.1) is 5.82 Å². The monoisotopic (exact) mass is 395 g/mol. The van der Waals surface area contributed by atoms with Gasteiger partial charge in [-0.15, -0.1) is 0 Å². The van der Waals surface area contributed by atoms with Crippen molar-refractivity contribution in [3.63, 3.8) is 0 Å². The minimum Gasteiger partial charge on any atom is -0.487 e. The molecule has 0 unspecified atom stereocenters. The molecule has 2 aromatic heterocycles. The number of anilines is 1. The number of carbonyl (C=O) groups excluding carboxylic acids is 1. The molecule has 4 rings (SSSR count). The van der Waals surface area contributed by atoms with Crippen LogP contribution in [0.15, 0.2) is 73.1 Å². The topological polar surface area (TPSA) is 55.6 Å². The van der Waals surface area contributed by atoms with Crippen molar-refractivity contribution in [2.75, 3.05) is 5.32 Å². The lowest BCUT2D eigenvalue weighted by Crippen LogP contribution is -2.12. The van der Waals surface area contributed by atoms with Crippen LogP contribution in [-0.4, -0.2) is 15.3 Å². The molecule has 0 aliphatic rings. The van der Waals surface area contributed by atoms with Crippen LogP contribution in [-0.2, 0) is 6.61 Å². The van der Waals surface area contributed by atoms with Gasteiger partial charge in [-0.1, -0.05) is 23.7 Å². The molecule has 4 aromatic rings. The lowest BCUT2D eigenvalue weighted by atomic mass is 10.2. The van der Waals surface area contributed by atoms with Crippen molar-refractivity contribution in [2.45, 2.75) is 6.61 Å². The zero-order valence-electron chi connectivity index (χ0n) is 14.6. The van der Waals surface area contributed by atoms with E-state index in [1.165, 1.54) is 18.2 Å². The van der Waals surface area contributed by atoms with E-state index in [2.05, 4.69) is 10.3 Å². The molecule has 140 valence electrons. The Morgan fingerprint density at radius 3 is 2.86 bits per heavy atom. The van der Waals surface area contributed by atoms with Crippen molar-refractivity contribution < 1.29 is 13.9 Å². The van der Waals surface area contributed by atoms with Gasteiger partial charge in [0.25, 0.3) is 5.91 Å². The second-order valence-corrected chi connectivity index (χ2v) is 6.51. The SMILES string of the molecule is O=C(Nc1ccc(F)c(Cl)c1)c1cccc(OCc2cn3ccccc3n2)c1. The summed E-state index contributed by atoms with van der Waals surface area (Å²) >= 11 is 5.74. The third-order valence-corrected chi connectivity index (χ3v) is 4.36. The molecule has 0 saturated heterocycles. The number of nitrogens with zero attached hydrogens (tertiary/aromatic N) is 2. The number of aromatic nitrogens is 2. The fourth-order valence-corrected chi connectivity index (χ4v) is 2.90. The molecule has 5 nitrogen and oxygen atoms in total. The maximum Gasteiger partial charge on any atom is 0.255 e. The Morgan fingerprint density at radius 2 is 2.04 bits per heavy atom. The second-order valence-electron chi connectivity index (χ2n) is 6.10. The Bertz CT molecular complexity index is 1130. The summed E-state index contributed by atoms with van der Waals surface area (Å²) in [4.78, 5) is 16.9. The predicted octanol–water partition coefficient (Wildman–Crippen LogP) is 4.96. The van der Waals surface area contributed by atoms with Crippen molar-refractivity contribution in [1.82, 2.24) is 9.38 Å². The fraction of sp³-hybridized carbons (Fsp3) is 0.0476. The van der Waals surface area contributed by atoms with Crippen LogP contribution >= 0.6 is 11.6 Å². The average Bonchev–Trinajstić information content (AvgIpc) is 3.12. The highest BCUT2D eigenvalue weighted by atomic mass is 35.5. The van der Waals surface area contributed by atoms with Gasteiger partial charge >= 0.3 is 0 Å². The van der Waals surface area contributed by atoms with Gasteiger partial charge in [0.05, 0.1) is 10.7 Å². The number of carbonyl (C=O) groups is 1. The first-order valence-electron chi connectivity index (χ1n) is 8.50. The molecule has 0 radical (unpaired) electrons. The van der Waals surface area contributed by atoms with Crippen LogP contribution in [0.2, 0.25) is 5.02 Å². The summed E-state index contributed by atoms with van der Waals surface area (Å²) in [5, 5.41) is 2.63. The van der Waals surface area contributed by atoms with Gasteiger partial charge in [0.1, 0.15) is 23.8 Å². The zero-order valence-corrected chi connectivity index (χ0v) is 15.4. The van der Waals surface area contributed by atoms with E-state index in [1.54, 1.807) is 24.3 Å². The third kappa shape index (κ3) is 3.97. The van der Waals surface area contributed by atoms with Gasteiger partial charge < -0.3 is 14.5 Å². The van der Waals surface area contributed by atoms with Gasteiger partial charge in [-0.05, 0) is 48.5 Å². The van der Waals surface area contributed by atoms with E-state index in [4.69, 9.17) is 16.3 Å². The third-order valence-electron chi connectivity index (χ3n) is 4.07. The number of nitrogens with one attached hydrogen (secondary N) is 1. The molecular formula is C21H15ClFN3O2. The number of benzene rings is 2. The summed E-state index contributed by atoms with van der Waals surface area (Å²) in [6.45, 7) is 0.278. The second kappa shape index (κ2) is 7.70. The number of rotatable bonds is 5. The van der Waals surface area contributed by atoms with Gasteiger partial charge in [-0.3, -0.25) is 4.79 Å². The summed E-state index contributed by atoms with van der Waals surface area (Å²) in [6.07, 6.45) is 3.81. The molecule has 0 aliphatic carbocycles. The van der Waals surface area contributed by atoms with E-state index < -0.39 is 5.82 Å². The van der Waals surface area contributed by atoms with Gasteiger partial charge in [0.2, 0.25) is 0 Å². The number of imidazole rings is 1. The maximum atomic E-state index is 13.2. The molecule has 2 aromatic carbocycles. The Morgan fingerprint density at radius 1 is 1.14 bits per heavy atom. The molecule has 0 aliphatic heterocycles. The Kier molecular flexibility index (Phi) is 4.95. The first-order chi connectivity index (χ1) is 13.6. The number of hydrogen-bond acceptors (Lipinski definition) is 3. The number of ether oxygens (including phenoxy) is 1. The molecule has 0 bridgehead atoms. The Labute approximate surface area is 165 Å². The fourth-order valence-electron chi connectivity index (χ4n) is 2.72. The highest BCUT2D eigenvalue weighted by Gasteiger charge is 2.10. The minimum absolute atomic E-state index is 0.0534. The van der Waals surface area contributed by atoms with E-state index in [-0.39, 0.29) is 17.5 Å². The standard InChI is InChI=1S/C21H15ClFN3O2/c22-18-11-15(7-8-19(18)23)25-21(27)14-4-3-5-17(10-14)28-13-16-12-26-9-2-1-6-20(26)24-16/h1-12H,13H2,(H,25,27). The molecule has 1 amide bonds. The lowest BCUT2D eigenvalue weighted by molar-refractivity contribution is 0.102. The zero-order chi connectivity index (χ0) is 19.5. The molecule has 0 spiro atoms. The molecule has 28 heavy (non-hydrogen) atoms.